The Labute approximate surface area is 342 Å². The third kappa shape index (κ3) is 7.99. The minimum absolute atomic E-state index is 0.0224. The number of halogens is 1. The molecule has 17 nitrogen and oxygen atoms in total. The summed E-state index contributed by atoms with van der Waals surface area (Å²) in [6.45, 7) is 8.41. The fourth-order valence-electron chi connectivity index (χ4n) is 7.37. The van der Waals surface area contributed by atoms with Gasteiger partial charge in [-0.2, -0.15) is 0 Å². The van der Waals surface area contributed by atoms with Gasteiger partial charge in [0, 0.05) is 50.0 Å². The van der Waals surface area contributed by atoms with Crippen molar-refractivity contribution in [1.82, 2.24) is 29.1 Å². The van der Waals surface area contributed by atoms with Gasteiger partial charge in [-0.15, -0.1) is 10.2 Å². The maximum absolute atomic E-state index is 15.3. The number of ether oxygens (including phenoxy) is 2. The van der Waals surface area contributed by atoms with Crippen LogP contribution in [0.5, 0.6) is 0 Å². The van der Waals surface area contributed by atoms with Crippen LogP contribution in [0.2, 0.25) is 0 Å². The van der Waals surface area contributed by atoms with Crippen LogP contribution in [0.1, 0.15) is 72.8 Å². The molecule has 2 aliphatic rings. The van der Waals surface area contributed by atoms with Crippen molar-refractivity contribution in [2.75, 3.05) is 36.4 Å². The maximum atomic E-state index is 15.3. The second-order valence-electron chi connectivity index (χ2n) is 14.9. The molecular weight excluding hydrogens is 780 g/mol. The Morgan fingerprint density at radius 1 is 0.883 bits per heavy atom. The van der Waals surface area contributed by atoms with Gasteiger partial charge in [0.2, 0.25) is 11.3 Å². The zero-order chi connectivity index (χ0) is 42.8. The molecule has 3 aromatic carbocycles. The Hall–Kier alpha value is -7.11. The van der Waals surface area contributed by atoms with Gasteiger partial charge < -0.3 is 34.3 Å². The van der Waals surface area contributed by atoms with E-state index < -0.39 is 58.9 Å². The van der Waals surface area contributed by atoms with E-state index in [2.05, 4.69) is 15.5 Å². The number of carbonyl (C=O) groups is 5. The van der Waals surface area contributed by atoms with Gasteiger partial charge >= 0.3 is 24.2 Å². The van der Waals surface area contributed by atoms with E-state index in [1.807, 2.05) is 32.0 Å². The lowest BCUT2D eigenvalue weighted by atomic mass is 10.0. The number of rotatable bonds is 11. The molecule has 7 rings (SSSR count). The first kappa shape index (κ1) is 41.1. The van der Waals surface area contributed by atoms with Crippen LogP contribution in [0, 0.1) is 11.7 Å². The summed E-state index contributed by atoms with van der Waals surface area (Å²) in [7, 11) is 0. The van der Waals surface area contributed by atoms with Gasteiger partial charge in [-0.3, -0.25) is 9.59 Å². The van der Waals surface area contributed by atoms with Crippen LogP contribution in [-0.2, 0) is 34.0 Å². The highest BCUT2D eigenvalue weighted by atomic mass is 19.1. The van der Waals surface area contributed by atoms with E-state index in [-0.39, 0.29) is 68.0 Å². The number of pyridine rings is 1. The van der Waals surface area contributed by atoms with Gasteiger partial charge in [-0.25, -0.2) is 33.0 Å². The number of hydrogen-bond donors (Lipinski definition) is 2. The van der Waals surface area contributed by atoms with Gasteiger partial charge in [0.25, 0.3) is 0 Å². The van der Waals surface area contributed by atoms with Gasteiger partial charge in [0.05, 0.1) is 17.1 Å². The van der Waals surface area contributed by atoms with Crippen molar-refractivity contribution >= 4 is 52.4 Å². The quantitative estimate of drug-likeness (QED) is 0.159. The third-order valence-corrected chi connectivity index (χ3v) is 10.6. The topological polar surface area (TPSA) is 198 Å². The molecule has 0 unspecified atom stereocenters. The maximum Gasteiger partial charge on any atom is 0.419 e. The average Bonchev–Trinajstić information content (AvgIpc) is 3.81. The molecule has 0 saturated carbocycles. The van der Waals surface area contributed by atoms with Gasteiger partial charge in [0.1, 0.15) is 30.6 Å². The molecule has 2 atom stereocenters. The molecule has 1 fully saturated rings. The summed E-state index contributed by atoms with van der Waals surface area (Å²) in [6, 6.07) is 16.9. The molecule has 2 aromatic heterocycles. The molecule has 2 N–H and O–H groups in total. The van der Waals surface area contributed by atoms with Crippen LogP contribution >= 0.6 is 0 Å². The standard InChI is InChI=1S/C42H43FN8O9/c1-5-47-21-30(39(54)55)35(52)29-19-31(43)33(20-32(29)47)48-15-17-49(18-16-48)41(57)59-23-27-11-13-28(14-12-27)44-38(53)25(4)36-45-46-37-34(24(2)3)50(40(56)51(36)37)42(58)60-22-26-9-7-6-8-10-26/h6-14,19-21,24-25,34H,5,15-18,22-23H2,1-4H3,(H,44,53)(H,54,55)/t25-,34-/m0/s1. The van der Waals surface area contributed by atoms with E-state index >= 15 is 4.39 Å². The smallest absolute Gasteiger partial charge is 0.419 e. The molecule has 4 heterocycles. The summed E-state index contributed by atoms with van der Waals surface area (Å²) in [6.07, 6.45) is -0.127. The highest BCUT2D eigenvalue weighted by Crippen LogP contribution is 2.37. The molecule has 2 aliphatic heterocycles. The molecule has 60 heavy (non-hydrogen) atoms. The number of anilines is 2. The predicted octanol–water partition coefficient (Wildman–Crippen LogP) is 5.97. The molecule has 0 radical (unpaired) electrons. The minimum Gasteiger partial charge on any atom is -0.477 e. The van der Waals surface area contributed by atoms with Gasteiger partial charge in [-0.05, 0) is 55.2 Å². The Kier molecular flexibility index (Phi) is 11.6. The zero-order valence-corrected chi connectivity index (χ0v) is 33.3. The number of benzene rings is 3. The molecular formula is C42H43FN8O9. The number of fused-ring (bicyclic) bond motifs is 2. The van der Waals surface area contributed by atoms with E-state index in [0.29, 0.717) is 23.3 Å². The number of aromatic carboxylic acids is 1. The molecule has 18 heteroatoms. The fourth-order valence-corrected chi connectivity index (χ4v) is 7.37. The first-order valence-electron chi connectivity index (χ1n) is 19.4. The van der Waals surface area contributed by atoms with Crippen LogP contribution in [-0.4, -0.2) is 90.5 Å². The predicted molar refractivity (Wildman–Crippen MR) is 215 cm³/mol. The van der Waals surface area contributed by atoms with Crippen LogP contribution < -0.4 is 15.6 Å². The molecule has 312 valence electrons. The van der Waals surface area contributed by atoms with E-state index in [0.717, 1.165) is 16.5 Å². The molecule has 0 aliphatic carbocycles. The van der Waals surface area contributed by atoms with E-state index in [4.69, 9.17) is 9.47 Å². The Morgan fingerprint density at radius 3 is 2.17 bits per heavy atom. The van der Waals surface area contributed by atoms with Crippen molar-refractivity contribution in [2.24, 2.45) is 5.92 Å². The van der Waals surface area contributed by atoms with Crippen LogP contribution in [0.3, 0.4) is 0 Å². The number of carboxylic acids is 1. The number of imide groups is 1. The Balaban J connectivity index is 0.923. The largest absolute Gasteiger partial charge is 0.477 e. The zero-order valence-electron chi connectivity index (χ0n) is 33.3. The molecule has 4 amide bonds. The lowest BCUT2D eigenvalue weighted by molar-refractivity contribution is -0.117. The number of hydrogen-bond acceptors (Lipinski definition) is 11. The van der Waals surface area contributed by atoms with Crippen LogP contribution in [0.15, 0.2) is 77.7 Å². The summed E-state index contributed by atoms with van der Waals surface area (Å²) in [4.78, 5) is 81.8. The second-order valence-corrected chi connectivity index (χ2v) is 14.9. The average molecular weight is 823 g/mol. The first-order valence-corrected chi connectivity index (χ1v) is 19.4. The van der Waals surface area contributed by atoms with Crippen molar-refractivity contribution in [3.8, 4) is 0 Å². The van der Waals surface area contributed by atoms with Crippen molar-refractivity contribution in [2.45, 2.75) is 59.4 Å². The normalized spacial score (nSPS) is 15.6. The summed E-state index contributed by atoms with van der Waals surface area (Å²) >= 11 is 0. The van der Waals surface area contributed by atoms with Crippen LogP contribution in [0.25, 0.3) is 10.9 Å². The lowest BCUT2D eigenvalue weighted by Gasteiger charge is -2.35. The number of amides is 4. The van der Waals surface area contributed by atoms with Crippen molar-refractivity contribution in [3.63, 3.8) is 0 Å². The Bertz CT molecular complexity index is 2530. The minimum atomic E-state index is -1.38. The summed E-state index contributed by atoms with van der Waals surface area (Å²) in [5.74, 6) is -3.37. The number of carboxylic acid groups (broad SMARTS) is 1. The molecule has 1 saturated heterocycles. The highest BCUT2D eigenvalue weighted by Gasteiger charge is 2.47. The van der Waals surface area contributed by atoms with Crippen LogP contribution in [0.4, 0.5) is 30.1 Å². The van der Waals surface area contributed by atoms with Crippen molar-refractivity contribution in [3.05, 3.63) is 117 Å². The molecule has 5 aromatic rings. The van der Waals surface area contributed by atoms with Crippen molar-refractivity contribution < 1.29 is 42.9 Å². The SMILES string of the molecule is CCn1cc(C(=O)O)c(=O)c2cc(F)c(N3CCN(C(=O)OCc4ccc(NC(=O)[C@@H](C)c5nnc6n5C(=O)N(C(=O)OCc5ccccc5)[C@H]6C(C)C)cc4)CC3)cc21. The number of aryl methyl sites for hydroxylation is 1. The molecule has 0 bridgehead atoms. The number of piperazine rings is 1. The van der Waals surface area contributed by atoms with E-state index in [1.54, 1.807) is 59.7 Å². The van der Waals surface area contributed by atoms with E-state index in [9.17, 15) is 33.9 Å². The van der Waals surface area contributed by atoms with Crippen molar-refractivity contribution in [1.29, 1.82) is 0 Å². The van der Waals surface area contributed by atoms with Gasteiger partial charge in [-0.1, -0.05) is 56.3 Å². The summed E-state index contributed by atoms with van der Waals surface area (Å²) in [5.41, 5.74) is 1.31. The molecule has 0 spiro atoms. The third-order valence-electron chi connectivity index (χ3n) is 10.6. The second kappa shape index (κ2) is 17.0. The number of nitrogens with zero attached hydrogens (tertiary/aromatic N) is 7. The highest BCUT2D eigenvalue weighted by molar-refractivity contribution is 5.98. The first-order chi connectivity index (χ1) is 28.8. The number of carbonyl (C=O) groups excluding carboxylic acids is 4. The number of aromatic nitrogens is 4. The summed E-state index contributed by atoms with van der Waals surface area (Å²) < 4.78 is 29.1. The fraction of sp³-hybridized carbons (Fsp3) is 0.333. The monoisotopic (exact) mass is 822 g/mol. The van der Waals surface area contributed by atoms with E-state index in [1.165, 1.54) is 21.7 Å². The van der Waals surface area contributed by atoms with Gasteiger partial charge in [0.15, 0.2) is 11.6 Å². The number of nitrogens with one attached hydrogen (secondary N) is 1. The summed E-state index contributed by atoms with van der Waals surface area (Å²) in [5, 5.41) is 20.6. The lowest BCUT2D eigenvalue weighted by Crippen LogP contribution is -2.49. The Morgan fingerprint density at radius 2 is 1.53 bits per heavy atom.